The maximum absolute atomic E-state index is 13.2. The molecular weight excluding hydrogens is 413 g/mol. The standard InChI is InChI=1S/C22H25Cl2NO4/c1-12-17(21(27)29-9-8-28-4)18(13-6-5-7-14(23)20(13)24)19-15(25-12)10-22(2,3)11-16(19)26/h5-7,18,25H,8-11H2,1-4H3/t18-/m0/s1. The van der Waals surface area contributed by atoms with E-state index in [1.165, 1.54) is 7.11 Å². The topological polar surface area (TPSA) is 64.6 Å². The third-order valence-electron chi connectivity index (χ3n) is 5.27. The lowest BCUT2D eigenvalue weighted by Crippen LogP contribution is -2.38. The van der Waals surface area contributed by atoms with E-state index in [4.69, 9.17) is 32.7 Å². The van der Waals surface area contributed by atoms with Crippen LogP contribution in [0.25, 0.3) is 0 Å². The first-order valence-electron chi connectivity index (χ1n) is 9.50. The SMILES string of the molecule is COCCOC(=O)C1=C(C)NC2=C(C(=O)CC(C)(C)C2)[C@H]1c1cccc(Cl)c1Cl. The number of esters is 1. The molecule has 1 heterocycles. The molecule has 1 aliphatic carbocycles. The second-order valence-corrected chi connectivity index (χ2v) is 8.99. The highest BCUT2D eigenvalue weighted by Crippen LogP contribution is 2.48. The molecule has 1 aliphatic heterocycles. The smallest absolute Gasteiger partial charge is 0.336 e. The first-order chi connectivity index (χ1) is 13.7. The van der Waals surface area contributed by atoms with Gasteiger partial charge in [-0.05, 0) is 30.4 Å². The molecule has 7 heteroatoms. The number of Topliss-reactive ketones (excluding diaryl/α,β-unsaturated/α-hetero) is 1. The van der Waals surface area contributed by atoms with Crippen molar-refractivity contribution in [3.05, 3.63) is 56.3 Å². The average molecular weight is 438 g/mol. The van der Waals surface area contributed by atoms with Crippen molar-refractivity contribution in [2.45, 2.75) is 39.5 Å². The monoisotopic (exact) mass is 437 g/mol. The average Bonchev–Trinajstić information content (AvgIpc) is 2.62. The zero-order valence-corrected chi connectivity index (χ0v) is 18.5. The molecular formula is C22H25Cl2NO4. The molecule has 1 atom stereocenters. The quantitative estimate of drug-likeness (QED) is 0.529. The Bertz CT molecular complexity index is 917. The van der Waals surface area contributed by atoms with E-state index in [0.29, 0.717) is 45.3 Å². The molecule has 0 bridgehead atoms. The Morgan fingerprint density at radius 2 is 1.97 bits per heavy atom. The van der Waals surface area contributed by atoms with E-state index in [1.807, 2.05) is 6.92 Å². The predicted octanol–water partition coefficient (Wildman–Crippen LogP) is 4.79. The number of ether oxygens (including phenoxy) is 2. The summed E-state index contributed by atoms with van der Waals surface area (Å²) in [5.74, 6) is -1.13. The maximum Gasteiger partial charge on any atom is 0.336 e. The highest BCUT2D eigenvalue weighted by Gasteiger charge is 2.43. The summed E-state index contributed by atoms with van der Waals surface area (Å²) in [6.07, 6.45) is 1.10. The van der Waals surface area contributed by atoms with Gasteiger partial charge in [-0.2, -0.15) is 0 Å². The lowest BCUT2D eigenvalue weighted by atomic mass is 9.68. The number of rotatable bonds is 5. The van der Waals surface area contributed by atoms with Gasteiger partial charge in [-0.1, -0.05) is 49.2 Å². The number of carbonyl (C=O) groups is 2. The first-order valence-corrected chi connectivity index (χ1v) is 10.3. The maximum atomic E-state index is 13.2. The summed E-state index contributed by atoms with van der Waals surface area (Å²) in [5, 5.41) is 4.00. The van der Waals surface area contributed by atoms with Crippen molar-refractivity contribution in [1.82, 2.24) is 5.32 Å². The fraction of sp³-hybridized carbons (Fsp3) is 0.455. The molecule has 5 nitrogen and oxygen atoms in total. The van der Waals surface area contributed by atoms with Crippen LogP contribution in [0, 0.1) is 5.41 Å². The third kappa shape index (κ3) is 4.37. The molecule has 0 saturated heterocycles. The lowest BCUT2D eigenvalue weighted by Gasteiger charge is -2.39. The summed E-state index contributed by atoms with van der Waals surface area (Å²) in [5.41, 5.74) is 2.88. The Morgan fingerprint density at radius 3 is 2.66 bits per heavy atom. The minimum absolute atomic E-state index is 0.000478. The van der Waals surface area contributed by atoms with Crippen LogP contribution in [0.15, 0.2) is 40.7 Å². The van der Waals surface area contributed by atoms with Crippen molar-refractivity contribution in [1.29, 1.82) is 0 Å². The minimum atomic E-state index is -0.629. The van der Waals surface area contributed by atoms with Crippen LogP contribution in [0.2, 0.25) is 10.0 Å². The number of ketones is 1. The Kier molecular flexibility index (Phi) is 6.42. The van der Waals surface area contributed by atoms with Crippen molar-refractivity contribution in [2.75, 3.05) is 20.3 Å². The highest BCUT2D eigenvalue weighted by molar-refractivity contribution is 6.42. The number of allylic oxidation sites excluding steroid dienone is 3. The second kappa shape index (κ2) is 8.50. The summed E-state index contributed by atoms with van der Waals surface area (Å²) < 4.78 is 10.4. The molecule has 0 spiro atoms. The van der Waals surface area contributed by atoms with E-state index in [1.54, 1.807) is 18.2 Å². The third-order valence-corrected chi connectivity index (χ3v) is 6.11. The molecule has 0 fully saturated rings. The van der Waals surface area contributed by atoms with Gasteiger partial charge in [0.15, 0.2) is 5.78 Å². The van der Waals surface area contributed by atoms with Crippen LogP contribution in [-0.4, -0.2) is 32.1 Å². The van der Waals surface area contributed by atoms with Crippen LogP contribution in [-0.2, 0) is 19.1 Å². The van der Waals surface area contributed by atoms with E-state index in [0.717, 1.165) is 5.70 Å². The fourth-order valence-corrected chi connectivity index (χ4v) is 4.47. The molecule has 1 aromatic rings. The van der Waals surface area contributed by atoms with Gasteiger partial charge in [0.05, 0.1) is 22.2 Å². The minimum Gasteiger partial charge on any atom is -0.460 e. The molecule has 1 N–H and O–H groups in total. The Morgan fingerprint density at radius 1 is 1.24 bits per heavy atom. The second-order valence-electron chi connectivity index (χ2n) is 8.20. The Balaban J connectivity index is 2.14. The molecule has 0 aromatic heterocycles. The summed E-state index contributed by atoms with van der Waals surface area (Å²) in [6.45, 7) is 6.34. The van der Waals surface area contributed by atoms with Gasteiger partial charge in [-0.25, -0.2) is 4.79 Å². The largest absolute Gasteiger partial charge is 0.460 e. The van der Waals surface area contributed by atoms with Crippen molar-refractivity contribution in [2.24, 2.45) is 5.41 Å². The van der Waals surface area contributed by atoms with Gasteiger partial charge in [0.2, 0.25) is 0 Å². The summed E-state index contributed by atoms with van der Waals surface area (Å²) in [4.78, 5) is 26.2. The molecule has 1 aromatic carbocycles. The van der Waals surface area contributed by atoms with Crippen LogP contribution >= 0.6 is 23.2 Å². The Hall–Kier alpha value is -1.82. The zero-order chi connectivity index (χ0) is 21.3. The van der Waals surface area contributed by atoms with E-state index < -0.39 is 11.9 Å². The fourth-order valence-electron chi connectivity index (χ4n) is 4.06. The van der Waals surface area contributed by atoms with Crippen LogP contribution < -0.4 is 5.32 Å². The number of benzene rings is 1. The van der Waals surface area contributed by atoms with E-state index in [-0.39, 0.29) is 24.4 Å². The van der Waals surface area contributed by atoms with E-state index in [2.05, 4.69) is 19.2 Å². The van der Waals surface area contributed by atoms with E-state index in [9.17, 15) is 9.59 Å². The number of hydrogen-bond acceptors (Lipinski definition) is 5. The van der Waals surface area contributed by atoms with Crippen LogP contribution in [0.5, 0.6) is 0 Å². The number of hydrogen-bond donors (Lipinski definition) is 1. The van der Waals surface area contributed by atoms with Crippen molar-refractivity contribution in [3.63, 3.8) is 0 Å². The summed E-state index contributed by atoms with van der Waals surface area (Å²) >= 11 is 12.8. The predicted molar refractivity (Wildman–Crippen MR) is 113 cm³/mol. The van der Waals surface area contributed by atoms with Crippen molar-refractivity contribution in [3.8, 4) is 0 Å². The number of nitrogens with one attached hydrogen (secondary N) is 1. The molecule has 3 rings (SSSR count). The summed E-state index contributed by atoms with van der Waals surface area (Å²) in [6, 6.07) is 5.26. The molecule has 0 unspecified atom stereocenters. The van der Waals surface area contributed by atoms with Gasteiger partial charge in [0.1, 0.15) is 6.61 Å². The first kappa shape index (κ1) is 21.9. The van der Waals surface area contributed by atoms with E-state index >= 15 is 0 Å². The molecule has 2 aliphatic rings. The van der Waals surface area contributed by atoms with Gasteiger partial charge in [0.25, 0.3) is 0 Å². The molecule has 29 heavy (non-hydrogen) atoms. The number of methoxy groups -OCH3 is 1. The molecule has 156 valence electrons. The van der Waals surface area contributed by atoms with Crippen molar-refractivity contribution < 1.29 is 19.1 Å². The highest BCUT2D eigenvalue weighted by atomic mass is 35.5. The normalized spacial score (nSPS) is 21.0. The van der Waals surface area contributed by atoms with Crippen LogP contribution in [0.1, 0.15) is 45.1 Å². The van der Waals surface area contributed by atoms with Crippen LogP contribution in [0.3, 0.4) is 0 Å². The van der Waals surface area contributed by atoms with Gasteiger partial charge < -0.3 is 14.8 Å². The van der Waals surface area contributed by atoms with Gasteiger partial charge in [-0.3, -0.25) is 4.79 Å². The molecule has 0 saturated carbocycles. The number of dihydropyridines is 1. The van der Waals surface area contributed by atoms with Gasteiger partial charge in [-0.15, -0.1) is 0 Å². The van der Waals surface area contributed by atoms with Gasteiger partial charge in [0, 0.05) is 36.4 Å². The summed E-state index contributed by atoms with van der Waals surface area (Å²) in [7, 11) is 1.54. The zero-order valence-electron chi connectivity index (χ0n) is 17.0. The van der Waals surface area contributed by atoms with Crippen molar-refractivity contribution >= 4 is 35.0 Å². The molecule has 0 radical (unpaired) electrons. The Labute approximate surface area is 181 Å². The number of halogens is 2. The lowest BCUT2D eigenvalue weighted by molar-refractivity contribution is -0.140. The van der Waals surface area contributed by atoms with Crippen LogP contribution in [0.4, 0.5) is 0 Å². The number of carbonyl (C=O) groups excluding carboxylic acids is 2. The molecule has 0 amide bonds. The van der Waals surface area contributed by atoms with Gasteiger partial charge >= 0.3 is 5.97 Å².